The molecule has 0 heterocycles. The highest BCUT2D eigenvalue weighted by Crippen LogP contribution is 2.41. The number of hydrogen-bond donors (Lipinski definition) is 0. The Morgan fingerprint density at radius 3 is 1.89 bits per heavy atom. The molecule has 18 heavy (non-hydrogen) atoms. The Labute approximate surface area is 113 Å². The van der Waals surface area contributed by atoms with Gasteiger partial charge in [-0.25, -0.2) is 0 Å². The van der Waals surface area contributed by atoms with E-state index in [0.717, 1.165) is 17.8 Å². The van der Waals surface area contributed by atoms with Crippen molar-refractivity contribution in [2.24, 2.45) is 23.7 Å². The minimum Gasteiger partial charge on any atom is -0.106 e. The molecular weight excluding hydrogens is 216 g/mol. The van der Waals surface area contributed by atoms with Gasteiger partial charge in [-0.15, -0.1) is 11.8 Å². The molecule has 0 spiro atoms. The van der Waals surface area contributed by atoms with Crippen molar-refractivity contribution in [2.75, 3.05) is 0 Å². The van der Waals surface area contributed by atoms with Crippen molar-refractivity contribution in [1.29, 1.82) is 0 Å². The van der Waals surface area contributed by atoms with E-state index in [1.165, 1.54) is 51.4 Å². The first-order valence-electron chi connectivity index (χ1n) is 7.88. The zero-order valence-corrected chi connectivity index (χ0v) is 12.1. The molecule has 0 saturated heterocycles. The fraction of sp³-hybridized carbons (Fsp3) is 0.778. The summed E-state index contributed by atoms with van der Waals surface area (Å²) in [6.07, 6.45) is 16.1. The predicted octanol–water partition coefficient (Wildman–Crippen LogP) is 5.20. The molecule has 0 amide bonds. The standard InChI is InChI=1S/C18H28/c1-3-5-15-7-11-17(12-8-15)18-13-9-16(6-4-2)10-14-18/h3,5,15-18H,7-14H2,1-2H3. The highest BCUT2D eigenvalue weighted by atomic mass is 14.3. The lowest BCUT2D eigenvalue weighted by molar-refractivity contribution is 0.168. The Balaban J connectivity index is 1.75. The van der Waals surface area contributed by atoms with Gasteiger partial charge in [0.2, 0.25) is 0 Å². The van der Waals surface area contributed by atoms with Crippen LogP contribution < -0.4 is 0 Å². The molecule has 2 aliphatic rings. The largest absolute Gasteiger partial charge is 0.106 e. The van der Waals surface area contributed by atoms with Gasteiger partial charge in [0.15, 0.2) is 0 Å². The summed E-state index contributed by atoms with van der Waals surface area (Å²) in [5.74, 6) is 10.1. The van der Waals surface area contributed by atoms with E-state index in [2.05, 4.69) is 30.9 Å². The maximum atomic E-state index is 3.37. The van der Waals surface area contributed by atoms with E-state index in [4.69, 9.17) is 0 Å². The van der Waals surface area contributed by atoms with E-state index in [0.29, 0.717) is 5.92 Å². The third-order valence-electron chi connectivity index (χ3n) is 5.07. The zero-order chi connectivity index (χ0) is 12.8. The molecule has 2 fully saturated rings. The molecule has 2 saturated carbocycles. The van der Waals surface area contributed by atoms with Gasteiger partial charge in [-0.2, -0.15) is 0 Å². The van der Waals surface area contributed by atoms with Gasteiger partial charge in [0.25, 0.3) is 0 Å². The minimum atomic E-state index is 0.714. The van der Waals surface area contributed by atoms with Crippen molar-refractivity contribution in [1.82, 2.24) is 0 Å². The second kappa shape index (κ2) is 7.03. The van der Waals surface area contributed by atoms with Crippen LogP contribution in [-0.4, -0.2) is 0 Å². The lowest BCUT2D eigenvalue weighted by Crippen LogP contribution is -2.25. The van der Waals surface area contributed by atoms with Crippen LogP contribution in [0.5, 0.6) is 0 Å². The average Bonchev–Trinajstić information content (AvgIpc) is 2.41. The molecule has 0 aromatic heterocycles. The SMILES string of the molecule is CC#CC1CCC(C2CCC(C=CC)CC2)CC1. The zero-order valence-electron chi connectivity index (χ0n) is 12.1. The normalized spacial score (nSPS) is 37.2. The Hall–Kier alpha value is -0.700. The van der Waals surface area contributed by atoms with Gasteiger partial charge < -0.3 is 0 Å². The molecule has 0 radical (unpaired) electrons. The van der Waals surface area contributed by atoms with E-state index < -0.39 is 0 Å². The molecule has 0 bridgehead atoms. The number of rotatable bonds is 2. The summed E-state index contributed by atoms with van der Waals surface area (Å²) >= 11 is 0. The molecule has 0 unspecified atom stereocenters. The minimum absolute atomic E-state index is 0.714. The summed E-state index contributed by atoms with van der Waals surface area (Å²) in [7, 11) is 0. The molecule has 100 valence electrons. The molecule has 0 aliphatic heterocycles. The lowest BCUT2D eigenvalue weighted by atomic mass is 9.69. The van der Waals surface area contributed by atoms with Crippen molar-refractivity contribution < 1.29 is 0 Å². The maximum absolute atomic E-state index is 3.37. The Kier molecular flexibility index (Phi) is 5.36. The van der Waals surface area contributed by atoms with Crippen LogP contribution in [0.4, 0.5) is 0 Å². The van der Waals surface area contributed by atoms with Crippen molar-refractivity contribution in [3.8, 4) is 11.8 Å². The second-order valence-electron chi connectivity index (χ2n) is 6.21. The highest BCUT2D eigenvalue weighted by molar-refractivity contribution is 5.02. The second-order valence-corrected chi connectivity index (χ2v) is 6.21. The molecular formula is C18H28. The van der Waals surface area contributed by atoms with Crippen LogP contribution in [0, 0.1) is 35.5 Å². The Morgan fingerprint density at radius 2 is 1.39 bits per heavy atom. The first-order chi connectivity index (χ1) is 8.83. The third kappa shape index (κ3) is 3.64. The molecule has 0 aromatic carbocycles. The van der Waals surface area contributed by atoms with Crippen molar-refractivity contribution in [3.63, 3.8) is 0 Å². The van der Waals surface area contributed by atoms with Gasteiger partial charge in [0.1, 0.15) is 0 Å². The fourth-order valence-electron chi connectivity index (χ4n) is 4.02. The van der Waals surface area contributed by atoms with Crippen molar-refractivity contribution in [3.05, 3.63) is 12.2 Å². The smallest absolute Gasteiger partial charge is 0.0203 e. The van der Waals surface area contributed by atoms with Crippen LogP contribution in [0.1, 0.15) is 65.2 Å². The Morgan fingerprint density at radius 1 is 0.833 bits per heavy atom. The van der Waals surface area contributed by atoms with Crippen LogP contribution in [0.3, 0.4) is 0 Å². The van der Waals surface area contributed by atoms with Gasteiger partial charge >= 0.3 is 0 Å². The molecule has 2 aliphatic carbocycles. The predicted molar refractivity (Wildman–Crippen MR) is 79.2 cm³/mol. The molecule has 0 N–H and O–H groups in total. The summed E-state index contributed by atoms with van der Waals surface area (Å²) in [6, 6.07) is 0. The average molecular weight is 244 g/mol. The van der Waals surface area contributed by atoms with Gasteiger partial charge in [0, 0.05) is 5.92 Å². The van der Waals surface area contributed by atoms with Crippen LogP contribution in [0.15, 0.2) is 12.2 Å². The number of allylic oxidation sites excluding steroid dienone is 2. The monoisotopic (exact) mass is 244 g/mol. The van der Waals surface area contributed by atoms with Gasteiger partial charge in [-0.05, 0) is 83.0 Å². The lowest BCUT2D eigenvalue weighted by Gasteiger charge is -2.36. The highest BCUT2D eigenvalue weighted by Gasteiger charge is 2.29. The first-order valence-corrected chi connectivity index (χ1v) is 7.88. The summed E-state index contributed by atoms with van der Waals surface area (Å²) in [6.45, 7) is 4.14. The van der Waals surface area contributed by atoms with E-state index in [-0.39, 0.29) is 0 Å². The fourth-order valence-corrected chi connectivity index (χ4v) is 4.02. The summed E-state index contributed by atoms with van der Waals surface area (Å²) in [5, 5.41) is 0. The summed E-state index contributed by atoms with van der Waals surface area (Å²) in [4.78, 5) is 0. The van der Waals surface area contributed by atoms with E-state index in [9.17, 15) is 0 Å². The van der Waals surface area contributed by atoms with Crippen LogP contribution in [-0.2, 0) is 0 Å². The van der Waals surface area contributed by atoms with Gasteiger partial charge in [-0.3, -0.25) is 0 Å². The van der Waals surface area contributed by atoms with Gasteiger partial charge in [0.05, 0.1) is 0 Å². The van der Waals surface area contributed by atoms with Gasteiger partial charge in [-0.1, -0.05) is 12.2 Å². The van der Waals surface area contributed by atoms with E-state index in [1.54, 1.807) is 0 Å². The molecule has 0 heteroatoms. The van der Waals surface area contributed by atoms with Crippen LogP contribution in [0.2, 0.25) is 0 Å². The quantitative estimate of drug-likeness (QED) is 0.463. The molecule has 0 atom stereocenters. The Bertz CT molecular complexity index is 312. The van der Waals surface area contributed by atoms with E-state index >= 15 is 0 Å². The van der Waals surface area contributed by atoms with Crippen molar-refractivity contribution in [2.45, 2.75) is 65.2 Å². The van der Waals surface area contributed by atoms with Crippen LogP contribution >= 0.6 is 0 Å². The first kappa shape index (κ1) is 13.7. The van der Waals surface area contributed by atoms with E-state index in [1.807, 2.05) is 6.92 Å². The topological polar surface area (TPSA) is 0 Å². The molecule has 0 aromatic rings. The summed E-state index contributed by atoms with van der Waals surface area (Å²) < 4.78 is 0. The molecule has 2 rings (SSSR count). The summed E-state index contributed by atoms with van der Waals surface area (Å²) in [5.41, 5.74) is 0. The van der Waals surface area contributed by atoms with Crippen molar-refractivity contribution >= 4 is 0 Å². The van der Waals surface area contributed by atoms with Crippen LogP contribution in [0.25, 0.3) is 0 Å². The third-order valence-corrected chi connectivity index (χ3v) is 5.07. The maximum Gasteiger partial charge on any atom is 0.0203 e. The molecule has 0 nitrogen and oxygen atoms in total. The number of hydrogen-bond acceptors (Lipinski definition) is 0.